The van der Waals surface area contributed by atoms with Crippen molar-refractivity contribution in [1.29, 1.82) is 0 Å². The van der Waals surface area contributed by atoms with Crippen molar-refractivity contribution in [3.8, 4) is 11.5 Å². The highest BCUT2D eigenvalue weighted by molar-refractivity contribution is 7.89. The summed E-state index contributed by atoms with van der Waals surface area (Å²) in [6.07, 6.45) is 0.678. The number of halogens is 1. The fourth-order valence-corrected chi connectivity index (χ4v) is 5.18. The van der Waals surface area contributed by atoms with Crippen LogP contribution in [0.4, 0.5) is 4.39 Å². The molecule has 3 aromatic carbocycles. The molecule has 0 spiro atoms. The van der Waals surface area contributed by atoms with Crippen LogP contribution in [0.2, 0.25) is 0 Å². The molecule has 7 nitrogen and oxygen atoms in total. The lowest BCUT2D eigenvalue weighted by Crippen LogP contribution is -2.31. The van der Waals surface area contributed by atoms with Gasteiger partial charge in [-0.05, 0) is 47.4 Å². The monoisotopic (exact) mass is 485 g/mol. The van der Waals surface area contributed by atoms with E-state index in [-0.39, 0.29) is 32.3 Å². The van der Waals surface area contributed by atoms with Crippen molar-refractivity contribution in [3.63, 3.8) is 0 Å². The van der Waals surface area contributed by atoms with Crippen molar-refractivity contribution in [3.05, 3.63) is 89.2 Å². The van der Waals surface area contributed by atoms with E-state index in [0.717, 1.165) is 11.6 Å². The molecule has 0 bridgehead atoms. The highest BCUT2D eigenvalue weighted by Gasteiger charge is 2.28. The minimum Gasteiger partial charge on any atom is -0.469 e. The van der Waals surface area contributed by atoms with Crippen molar-refractivity contribution < 1.29 is 31.8 Å². The molecular weight excluding hydrogens is 461 g/mol. The van der Waals surface area contributed by atoms with Gasteiger partial charge < -0.3 is 14.2 Å². The average Bonchev–Trinajstić information content (AvgIpc) is 3.30. The summed E-state index contributed by atoms with van der Waals surface area (Å²) in [5.74, 6) is -0.0156. The van der Waals surface area contributed by atoms with E-state index >= 15 is 0 Å². The molecule has 0 radical (unpaired) electrons. The molecule has 1 aliphatic heterocycles. The van der Waals surface area contributed by atoms with Crippen LogP contribution in [0.25, 0.3) is 0 Å². The fraction of sp³-hybridized carbons (Fsp3) is 0.240. The lowest BCUT2D eigenvalue weighted by molar-refractivity contribution is -0.140. The van der Waals surface area contributed by atoms with Crippen molar-refractivity contribution in [1.82, 2.24) is 4.31 Å². The maximum Gasteiger partial charge on any atom is 0.305 e. The number of nitrogens with zero attached hydrogens (tertiary/aromatic N) is 1. The number of methoxy groups -OCH3 is 1. The van der Waals surface area contributed by atoms with Gasteiger partial charge in [0.25, 0.3) is 0 Å². The second-order valence-electron chi connectivity index (χ2n) is 7.79. The number of sulfonamides is 1. The number of hydrogen-bond donors (Lipinski definition) is 0. The zero-order valence-electron chi connectivity index (χ0n) is 18.6. The number of fused-ring (bicyclic) bond motifs is 1. The Labute approximate surface area is 197 Å². The molecule has 0 N–H and O–H groups in total. The lowest BCUT2D eigenvalue weighted by Gasteiger charge is -2.23. The number of carbonyl (C=O) groups excluding carboxylic acids is 1. The highest BCUT2D eigenvalue weighted by Crippen LogP contribution is 2.33. The second kappa shape index (κ2) is 10.2. The van der Waals surface area contributed by atoms with E-state index < -0.39 is 20.7 Å². The molecule has 1 heterocycles. The Morgan fingerprint density at radius 1 is 0.941 bits per heavy atom. The summed E-state index contributed by atoms with van der Waals surface area (Å²) in [6.45, 7) is 0.116. The summed E-state index contributed by atoms with van der Waals surface area (Å²) < 4.78 is 58.2. The largest absolute Gasteiger partial charge is 0.469 e. The number of aryl methyl sites for hydroxylation is 1. The minimum atomic E-state index is -4.17. The first-order chi connectivity index (χ1) is 16.4. The Kier molecular flexibility index (Phi) is 7.14. The Balaban J connectivity index is 1.64. The maximum atomic E-state index is 14.5. The van der Waals surface area contributed by atoms with E-state index in [1.54, 1.807) is 30.3 Å². The topological polar surface area (TPSA) is 82.1 Å². The molecular formula is C25H24FNO6S. The summed E-state index contributed by atoms with van der Waals surface area (Å²) in [5, 5.41) is 0. The molecule has 34 heavy (non-hydrogen) atoms. The van der Waals surface area contributed by atoms with Gasteiger partial charge in [0, 0.05) is 19.5 Å². The number of esters is 1. The van der Waals surface area contributed by atoms with E-state index in [4.69, 9.17) is 9.47 Å². The van der Waals surface area contributed by atoms with Gasteiger partial charge in [-0.25, -0.2) is 12.8 Å². The summed E-state index contributed by atoms with van der Waals surface area (Å²) in [7, 11) is -2.84. The zero-order valence-corrected chi connectivity index (χ0v) is 19.4. The van der Waals surface area contributed by atoms with Gasteiger partial charge >= 0.3 is 5.97 Å². The van der Waals surface area contributed by atoms with Gasteiger partial charge in [-0.3, -0.25) is 4.79 Å². The standard InChI is InChI=1S/C25H24FNO6S/c1-31-25(28)12-10-18-5-4-6-19(13-18)15-27(34(29,30)24-8-3-2-7-21(24)26)16-20-9-11-22-23(14-20)33-17-32-22/h2-9,11,13-14H,10,12,15-17H2,1H3. The Morgan fingerprint density at radius 3 is 2.41 bits per heavy atom. The molecule has 0 saturated heterocycles. The molecule has 3 aromatic rings. The third-order valence-electron chi connectivity index (χ3n) is 5.45. The quantitative estimate of drug-likeness (QED) is 0.426. The summed E-state index contributed by atoms with van der Waals surface area (Å²) in [5.41, 5.74) is 2.25. The number of hydrogen-bond acceptors (Lipinski definition) is 6. The molecule has 4 rings (SSSR count). The Morgan fingerprint density at radius 2 is 1.65 bits per heavy atom. The van der Waals surface area contributed by atoms with E-state index in [9.17, 15) is 17.6 Å². The van der Waals surface area contributed by atoms with Crippen LogP contribution in [0.3, 0.4) is 0 Å². The predicted octanol–water partition coefficient (Wildman–Crippen LogP) is 4.05. The van der Waals surface area contributed by atoms with E-state index in [2.05, 4.69) is 4.74 Å². The molecule has 0 amide bonds. The maximum absolute atomic E-state index is 14.5. The predicted molar refractivity (Wildman–Crippen MR) is 122 cm³/mol. The van der Waals surface area contributed by atoms with Crippen molar-refractivity contribution in [2.45, 2.75) is 30.8 Å². The van der Waals surface area contributed by atoms with Gasteiger partial charge in [0.05, 0.1) is 7.11 Å². The van der Waals surface area contributed by atoms with Crippen molar-refractivity contribution in [2.24, 2.45) is 0 Å². The Bertz CT molecular complexity index is 1290. The normalized spacial score (nSPS) is 12.7. The number of benzene rings is 3. The summed E-state index contributed by atoms with van der Waals surface area (Å²) in [4.78, 5) is 11.1. The number of carbonyl (C=O) groups is 1. The third kappa shape index (κ3) is 5.37. The lowest BCUT2D eigenvalue weighted by atomic mass is 10.1. The highest BCUT2D eigenvalue weighted by atomic mass is 32.2. The zero-order chi connectivity index (χ0) is 24.1. The molecule has 0 unspecified atom stereocenters. The number of ether oxygens (including phenoxy) is 3. The van der Waals surface area contributed by atoms with Crippen LogP contribution in [0.1, 0.15) is 23.1 Å². The van der Waals surface area contributed by atoms with E-state index in [0.29, 0.717) is 29.0 Å². The molecule has 9 heteroatoms. The first kappa shape index (κ1) is 23.7. The second-order valence-corrected chi connectivity index (χ2v) is 9.69. The molecule has 0 aromatic heterocycles. The molecule has 0 fully saturated rings. The van der Waals surface area contributed by atoms with Crippen LogP contribution in [0.15, 0.2) is 71.6 Å². The van der Waals surface area contributed by atoms with Gasteiger partial charge in [-0.15, -0.1) is 0 Å². The van der Waals surface area contributed by atoms with Crippen LogP contribution in [0.5, 0.6) is 11.5 Å². The van der Waals surface area contributed by atoms with Crippen LogP contribution in [-0.2, 0) is 39.1 Å². The van der Waals surface area contributed by atoms with Crippen molar-refractivity contribution >= 4 is 16.0 Å². The van der Waals surface area contributed by atoms with E-state index in [1.807, 2.05) is 12.1 Å². The number of rotatable bonds is 9. The third-order valence-corrected chi connectivity index (χ3v) is 7.27. The summed E-state index contributed by atoms with van der Waals surface area (Å²) in [6, 6.07) is 17.8. The first-order valence-electron chi connectivity index (χ1n) is 10.6. The van der Waals surface area contributed by atoms with Crippen LogP contribution in [-0.4, -0.2) is 32.6 Å². The first-order valence-corrected chi connectivity index (χ1v) is 12.1. The molecule has 178 valence electrons. The van der Waals surface area contributed by atoms with Crippen molar-refractivity contribution in [2.75, 3.05) is 13.9 Å². The van der Waals surface area contributed by atoms with Crippen LogP contribution >= 0.6 is 0 Å². The molecule has 1 aliphatic rings. The smallest absolute Gasteiger partial charge is 0.305 e. The van der Waals surface area contributed by atoms with Gasteiger partial charge in [-0.1, -0.05) is 42.5 Å². The van der Waals surface area contributed by atoms with Gasteiger partial charge in [0.2, 0.25) is 16.8 Å². The average molecular weight is 486 g/mol. The van der Waals surface area contributed by atoms with Gasteiger partial charge in [-0.2, -0.15) is 4.31 Å². The van der Waals surface area contributed by atoms with Gasteiger partial charge in [0.15, 0.2) is 11.5 Å². The minimum absolute atomic E-state index is 0.000302. The molecule has 0 saturated carbocycles. The summed E-state index contributed by atoms with van der Waals surface area (Å²) >= 11 is 0. The van der Waals surface area contributed by atoms with Crippen LogP contribution in [0, 0.1) is 5.82 Å². The molecule has 0 aliphatic carbocycles. The van der Waals surface area contributed by atoms with Crippen LogP contribution < -0.4 is 9.47 Å². The van der Waals surface area contributed by atoms with E-state index in [1.165, 1.54) is 29.6 Å². The molecule has 0 atom stereocenters. The Hall–Kier alpha value is -3.43. The SMILES string of the molecule is COC(=O)CCc1cccc(CN(Cc2ccc3c(c2)OCO3)S(=O)(=O)c2ccccc2F)c1. The van der Waals surface area contributed by atoms with Gasteiger partial charge in [0.1, 0.15) is 10.7 Å². The fourth-order valence-electron chi connectivity index (χ4n) is 3.70.